The summed E-state index contributed by atoms with van der Waals surface area (Å²) >= 11 is 0. The molecule has 0 spiro atoms. The van der Waals surface area contributed by atoms with E-state index in [-0.39, 0.29) is 23.0 Å². The van der Waals surface area contributed by atoms with Crippen LogP contribution in [0.1, 0.15) is 79.0 Å². The zero-order valence-corrected chi connectivity index (χ0v) is 38.5. The highest BCUT2D eigenvalue weighted by Crippen LogP contribution is 2.48. The van der Waals surface area contributed by atoms with Crippen molar-refractivity contribution in [2.24, 2.45) is 0 Å². The molecule has 0 bridgehead atoms. The number of hydrogen-bond donors (Lipinski definition) is 0. The fourth-order valence-electron chi connectivity index (χ4n) is 10.1. The van der Waals surface area contributed by atoms with Crippen LogP contribution in [0.3, 0.4) is 0 Å². The summed E-state index contributed by atoms with van der Waals surface area (Å²) in [4.78, 5) is 5.10. The molecule has 0 unspecified atom stereocenters. The van der Waals surface area contributed by atoms with Crippen molar-refractivity contribution in [2.75, 3.05) is 9.80 Å². The molecule has 8 aromatic carbocycles. The van der Waals surface area contributed by atoms with Crippen LogP contribution in [-0.4, -0.2) is 6.71 Å². The summed E-state index contributed by atoms with van der Waals surface area (Å²) in [6.45, 7) is 20.9. The first-order chi connectivity index (χ1) is 30.6. The van der Waals surface area contributed by atoms with E-state index in [1.807, 2.05) is 12.1 Å². The van der Waals surface area contributed by atoms with E-state index in [0.29, 0.717) is 0 Å². The number of benzene rings is 8. The van der Waals surface area contributed by atoms with Crippen LogP contribution in [0.2, 0.25) is 0 Å². The number of para-hydroxylation sites is 1. The summed E-state index contributed by atoms with van der Waals surface area (Å²) < 4.78 is 6.20. The average molecular weight is 831 g/mol. The van der Waals surface area contributed by atoms with Crippen LogP contribution in [0.15, 0.2) is 174 Å². The van der Waals surface area contributed by atoms with Crippen molar-refractivity contribution in [1.29, 1.82) is 0 Å². The fourth-order valence-corrected chi connectivity index (χ4v) is 10.1. The van der Waals surface area contributed by atoms with E-state index < -0.39 is 0 Å². The lowest BCUT2D eigenvalue weighted by Crippen LogP contribution is -2.61. The maximum Gasteiger partial charge on any atom is 0.252 e. The molecule has 0 N–H and O–H groups in total. The van der Waals surface area contributed by atoms with Crippen LogP contribution in [-0.2, 0) is 16.2 Å². The van der Waals surface area contributed by atoms with Crippen LogP contribution in [0.4, 0.5) is 34.1 Å². The predicted molar refractivity (Wildman–Crippen MR) is 275 cm³/mol. The molecule has 64 heavy (non-hydrogen) atoms. The first kappa shape index (κ1) is 40.0. The van der Waals surface area contributed by atoms with Crippen LogP contribution in [0.25, 0.3) is 44.2 Å². The molecule has 2 aliphatic heterocycles. The second-order valence-electron chi connectivity index (χ2n) is 21.1. The quantitative estimate of drug-likeness (QED) is 0.165. The number of furan rings is 1. The lowest BCUT2D eigenvalue weighted by Gasteiger charge is -2.45. The molecule has 11 rings (SSSR count). The standard InChI is InChI=1S/C60H55BN2O/c1-58(2,3)42-22-28-46(29-23-42)63-52-37-44(60(7,8)9)24-30-49(52)61-50-36-43(59(4,5)6)25-31-51(50)62(53-34-41(35-54(63)57(53)61)38-15-11-10-12-16-38)45-26-19-39(20-27-45)40-21-32-56-48(33-40)47-17-13-14-18-55(47)64-56/h10-37H,1-9H3. The maximum atomic E-state index is 6.20. The van der Waals surface area contributed by atoms with Gasteiger partial charge in [-0.3, -0.25) is 0 Å². The molecule has 0 fully saturated rings. The maximum absolute atomic E-state index is 6.20. The van der Waals surface area contributed by atoms with Crippen molar-refractivity contribution in [3.63, 3.8) is 0 Å². The summed E-state index contributed by atoms with van der Waals surface area (Å²) in [5.74, 6) is 0. The van der Waals surface area contributed by atoms with E-state index in [4.69, 9.17) is 4.42 Å². The fraction of sp³-hybridized carbons (Fsp3) is 0.200. The van der Waals surface area contributed by atoms with Gasteiger partial charge in [-0.1, -0.05) is 165 Å². The molecule has 0 radical (unpaired) electrons. The SMILES string of the molecule is CC(C)(C)c1ccc(N2c3cc(C(C)(C)C)ccc3B3c4cc(C(C)(C)C)ccc4N(c4ccc(-c5ccc6oc7ccccc7c6c5)cc4)c4cc(-c5ccccc5)cc2c43)cc1. The van der Waals surface area contributed by atoms with Gasteiger partial charge >= 0.3 is 0 Å². The molecule has 0 atom stereocenters. The zero-order chi connectivity index (χ0) is 44.3. The molecule has 3 heterocycles. The highest BCUT2D eigenvalue weighted by atomic mass is 16.3. The van der Waals surface area contributed by atoms with Crippen LogP contribution in [0.5, 0.6) is 0 Å². The van der Waals surface area contributed by atoms with Crippen molar-refractivity contribution >= 4 is 79.2 Å². The number of nitrogens with zero attached hydrogens (tertiary/aromatic N) is 2. The molecule has 3 nitrogen and oxygen atoms in total. The minimum Gasteiger partial charge on any atom is -0.456 e. The first-order valence-electron chi connectivity index (χ1n) is 22.9. The van der Waals surface area contributed by atoms with Crippen molar-refractivity contribution in [3.8, 4) is 22.3 Å². The van der Waals surface area contributed by atoms with Crippen molar-refractivity contribution in [3.05, 3.63) is 187 Å². The molecule has 1 aromatic heterocycles. The third kappa shape index (κ3) is 6.57. The molecule has 314 valence electrons. The van der Waals surface area contributed by atoms with Gasteiger partial charge in [0.05, 0.1) is 0 Å². The first-order valence-corrected chi connectivity index (χ1v) is 22.9. The minimum atomic E-state index is -0.0301. The van der Waals surface area contributed by atoms with Gasteiger partial charge in [-0.2, -0.15) is 0 Å². The Morgan fingerprint density at radius 2 is 0.891 bits per heavy atom. The van der Waals surface area contributed by atoms with Gasteiger partial charge in [0.15, 0.2) is 0 Å². The van der Waals surface area contributed by atoms with E-state index in [2.05, 4.69) is 230 Å². The van der Waals surface area contributed by atoms with Crippen molar-refractivity contribution in [1.82, 2.24) is 0 Å². The summed E-state index contributed by atoms with van der Waals surface area (Å²) in [5, 5.41) is 2.28. The van der Waals surface area contributed by atoms with Crippen molar-refractivity contribution in [2.45, 2.75) is 78.6 Å². The molecule has 9 aromatic rings. The molecular formula is C60H55BN2O. The summed E-state index contributed by atoms with van der Waals surface area (Å²) in [7, 11) is 0. The number of anilines is 6. The Kier molecular flexibility index (Phi) is 8.99. The Morgan fingerprint density at radius 3 is 1.56 bits per heavy atom. The third-order valence-corrected chi connectivity index (χ3v) is 13.7. The van der Waals surface area contributed by atoms with E-state index >= 15 is 0 Å². The van der Waals surface area contributed by atoms with Gasteiger partial charge in [0.2, 0.25) is 0 Å². The Labute approximate surface area is 379 Å². The van der Waals surface area contributed by atoms with Crippen LogP contribution >= 0.6 is 0 Å². The predicted octanol–water partition coefficient (Wildman–Crippen LogP) is 14.9. The summed E-state index contributed by atoms with van der Waals surface area (Å²) in [6, 6.07) is 63.8. The second kappa shape index (κ2) is 14.4. The van der Waals surface area contributed by atoms with Gasteiger partial charge in [0.25, 0.3) is 6.71 Å². The highest BCUT2D eigenvalue weighted by Gasteiger charge is 2.44. The lowest BCUT2D eigenvalue weighted by molar-refractivity contribution is 0.590. The minimum absolute atomic E-state index is 0.0215. The Hall–Kier alpha value is -6.78. The van der Waals surface area contributed by atoms with Crippen LogP contribution < -0.4 is 26.2 Å². The van der Waals surface area contributed by atoms with Gasteiger partial charge in [-0.15, -0.1) is 0 Å². The molecule has 4 heteroatoms. The summed E-state index contributed by atoms with van der Waals surface area (Å²) in [5.41, 5.74) is 21.7. The Morgan fingerprint density at radius 1 is 0.359 bits per heavy atom. The van der Waals surface area contributed by atoms with E-state index in [1.165, 1.54) is 83.8 Å². The van der Waals surface area contributed by atoms with Crippen molar-refractivity contribution < 1.29 is 4.42 Å². The van der Waals surface area contributed by atoms with Gasteiger partial charge in [-0.05, 0) is 138 Å². The summed E-state index contributed by atoms with van der Waals surface area (Å²) in [6.07, 6.45) is 0. The molecule has 2 aliphatic rings. The average Bonchev–Trinajstić information content (AvgIpc) is 3.66. The van der Waals surface area contributed by atoms with Crippen LogP contribution in [0, 0.1) is 0 Å². The lowest BCUT2D eigenvalue weighted by atomic mass is 9.33. The number of fused-ring (bicyclic) bond motifs is 7. The highest BCUT2D eigenvalue weighted by molar-refractivity contribution is 7.00. The van der Waals surface area contributed by atoms with Gasteiger partial charge in [0.1, 0.15) is 11.2 Å². The number of hydrogen-bond acceptors (Lipinski definition) is 3. The van der Waals surface area contributed by atoms with E-state index in [1.54, 1.807) is 0 Å². The third-order valence-electron chi connectivity index (χ3n) is 13.7. The largest absolute Gasteiger partial charge is 0.456 e. The van der Waals surface area contributed by atoms with E-state index in [0.717, 1.165) is 27.6 Å². The molecule has 0 saturated heterocycles. The van der Waals surface area contributed by atoms with Gasteiger partial charge < -0.3 is 14.2 Å². The molecule has 0 aliphatic carbocycles. The second-order valence-corrected chi connectivity index (χ2v) is 21.1. The normalized spacial score (nSPS) is 13.6. The Balaban J connectivity index is 1.17. The zero-order valence-electron chi connectivity index (χ0n) is 38.5. The monoisotopic (exact) mass is 830 g/mol. The van der Waals surface area contributed by atoms with E-state index in [9.17, 15) is 0 Å². The Bertz CT molecular complexity index is 3270. The number of rotatable bonds is 4. The van der Waals surface area contributed by atoms with Gasteiger partial charge in [-0.25, -0.2) is 0 Å². The molecule has 0 saturated carbocycles. The smallest absolute Gasteiger partial charge is 0.252 e. The molecule has 0 amide bonds. The van der Waals surface area contributed by atoms with Gasteiger partial charge in [0, 0.05) is 44.9 Å². The topological polar surface area (TPSA) is 19.6 Å². The molecular weight excluding hydrogens is 775 g/mol.